The Morgan fingerprint density at radius 1 is 1.39 bits per heavy atom. The van der Waals surface area contributed by atoms with E-state index in [-0.39, 0.29) is 0 Å². The lowest BCUT2D eigenvalue weighted by Crippen LogP contribution is -2.21. The molecule has 0 fully saturated rings. The van der Waals surface area contributed by atoms with Gasteiger partial charge >= 0.3 is 0 Å². The summed E-state index contributed by atoms with van der Waals surface area (Å²) in [6.45, 7) is 9.19. The molecule has 0 bridgehead atoms. The summed E-state index contributed by atoms with van der Waals surface area (Å²) in [5.74, 6) is 1.40. The first-order chi connectivity index (χ1) is 8.56. The molecular formula is C13H19N3OS. The van der Waals surface area contributed by atoms with E-state index in [4.69, 9.17) is 4.52 Å². The van der Waals surface area contributed by atoms with Gasteiger partial charge in [-0.3, -0.25) is 0 Å². The predicted octanol–water partition coefficient (Wildman–Crippen LogP) is 2.95. The first-order valence-corrected chi connectivity index (χ1v) is 6.97. The van der Waals surface area contributed by atoms with Gasteiger partial charge in [-0.1, -0.05) is 5.16 Å². The van der Waals surface area contributed by atoms with E-state index in [0.29, 0.717) is 17.8 Å². The molecule has 18 heavy (non-hydrogen) atoms. The van der Waals surface area contributed by atoms with E-state index >= 15 is 0 Å². The monoisotopic (exact) mass is 265 g/mol. The first kappa shape index (κ1) is 13.2. The number of aryl methyl sites for hydroxylation is 3. The van der Waals surface area contributed by atoms with Crippen molar-refractivity contribution in [2.75, 3.05) is 6.54 Å². The van der Waals surface area contributed by atoms with Crippen molar-refractivity contribution in [2.24, 2.45) is 0 Å². The van der Waals surface area contributed by atoms with Crippen molar-refractivity contribution < 1.29 is 4.52 Å². The third-order valence-electron chi connectivity index (χ3n) is 2.90. The molecule has 5 heteroatoms. The molecule has 1 N–H and O–H groups in total. The summed E-state index contributed by atoms with van der Waals surface area (Å²) in [7, 11) is 0. The minimum Gasteiger partial charge on any atom is -0.339 e. The molecule has 0 radical (unpaired) electrons. The standard InChI is InChI=1S/C13H19N3OS/c1-8-7-12(10(3)18-8)9(2)14-6-5-13-15-11(4)16-17-13/h7,9,14H,5-6H2,1-4H3. The van der Waals surface area contributed by atoms with E-state index in [1.807, 2.05) is 18.3 Å². The van der Waals surface area contributed by atoms with Crippen molar-refractivity contribution in [3.8, 4) is 0 Å². The lowest BCUT2D eigenvalue weighted by Gasteiger charge is -2.12. The van der Waals surface area contributed by atoms with E-state index in [1.54, 1.807) is 0 Å². The molecule has 0 amide bonds. The molecule has 98 valence electrons. The summed E-state index contributed by atoms with van der Waals surface area (Å²) < 4.78 is 5.08. The predicted molar refractivity (Wildman–Crippen MR) is 72.9 cm³/mol. The van der Waals surface area contributed by atoms with E-state index < -0.39 is 0 Å². The number of nitrogens with zero attached hydrogens (tertiary/aromatic N) is 2. The van der Waals surface area contributed by atoms with Gasteiger partial charge in [0.1, 0.15) is 0 Å². The highest BCUT2D eigenvalue weighted by atomic mass is 32.1. The highest BCUT2D eigenvalue weighted by Gasteiger charge is 2.11. The fourth-order valence-electron chi connectivity index (χ4n) is 2.03. The summed E-state index contributed by atoms with van der Waals surface area (Å²) in [4.78, 5) is 6.94. The number of hydrogen-bond acceptors (Lipinski definition) is 5. The maximum absolute atomic E-state index is 5.08. The van der Waals surface area contributed by atoms with E-state index in [1.165, 1.54) is 15.3 Å². The van der Waals surface area contributed by atoms with Crippen LogP contribution in [-0.4, -0.2) is 16.7 Å². The Kier molecular flexibility index (Phi) is 4.14. The fourth-order valence-corrected chi connectivity index (χ4v) is 3.05. The van der Waals surface area contributed by atoms with Gasteiger partial charge in [0.25, 0.3) is 0 Å². The second kappa shape index (κ2) is 5.63. The van der Waals surface area contributed by atoms with E-state index in [2.05, 4.69) is 42.3 Å². The van der Waals surface area contributed by atoms with Gasteiger partial charge in [0.2, 0.25) is 5.89 Å². The first-order valence-electron chi connectivity index (χ1n) is 6.15. The van der Waals surface area contributed by atoms with Crippen molar-refractivity contribution in [1.29, 1.82) is 0 Å². The van der Waals surface area contributed by atoms with Crippen molar-refractivity contribution in [3.63, 3.8) is 0 Å². The molecule has 4 nitrogen and oxygen atoms in total. The molecule has 1 atom stereocenters. The number of thiophene rings is 1. The van der Waals surface area contributed by atoms with Gasteiger partial charge in [0.15, 0.2) is 5.82 Å². The maximum Gasteiger partial charge on any atom is 0.227 e. The lowest BCUT2D eigenvalue weighted by atomic mass is 10.1. The summed E-state index contributed by atoms with van der Waals surface area (Å²) in [5, 5.41) is 7.27. The van der Waals surface area contributed by atoms with Crippen LogP contribution >= 0.6 is 11.3 Å². The van der Waals surface area contributed by atoms with Crippen molar-refractivity contribution in [2.45, 2.75) is 40.2 Å². The Hall–Kier alpha value is -1.20. The van der Waals surface area contributed by atoms with Crippen LogP contribution < -0.4 is 5.32 Å². The molecule has 0 saturated carbocycles. The molecule has 0 aliphatic rings. The summed E-state index contributed by atoms with van der Waals surface area (Å²) in [5.41, 5.74) is 1.39. The average molecular weight is 265 g/mol. The summed E-state index contributed by atoms with van der Waals surface area (Å²) in [6, 6.07) is 2.62. The van der Waals surface area contributed by atoms with Gasteiger partial charge in [0, 0.05) is 28.8 Å². The molecule has 2 rings (SSSR count). The Labute approximate surface area is 111 Å². The Morgan fingerprint density at radius 2 is 2.17 bits per heavy atom. The molecular weight excluding hydrogens is 246 g/mol. The number of hydrogen-bond donors (Lipinski definition) is 1. The zero-order valence-electron chi connectivity index (χ0n) is 11.3. The fraction of sp³-hybridized carbons (Fsp3) is 0.538. The van der Waals surface area contributed by atoms with Crippen LogP contribution in [0.2, 0.25) is 0 Å². The topological polar surface area (TPSA) is 51.0 Å². The Bertz CT molecular complexity index is 518. The second-order valence-electron chi connectivity index (χ2n) is 4.53. The van der Waals surface area contributed by atoms with Gasteiger partial charge in [-0.25, -0.2) is 0 Å². The molecule has 0 aliphatic carbocycles. The van der Waals surface area contributed by atoms with Crippen LogP contribution in [0.1, 0.15) is 40.0 Å². The maximum atomic E-state index is 5.08. The summed E-state index contributed by atoms with van der Waals surface area (Å²) >= 11 is 1.85. The summed E-state index contributed by atoms with van der Waals surface area (Å²) in [6.07, 6.45) is 0.771. The minimum atomic E-state index is 0.360. The number of rotatable bonds is 5. The van der Waals surface area contributed by atoms with Gasteiger partial charge in [0.05, 0.1) is 0 Å². The zero-order chi connectivity index (χ0) is 13.1. The van der Waals surface area contributed by atoms with Gasteiger partial charge in [-0.2, -0.15) is 4.98 Å². The quantitative estimate of drug-likeness (QED) is 0.903. The molecule has 2 aromatic heterocycles. The van der Waals surface area contributed by atoms with Crippen LogP contribution in [0.25, 0.3) is 0 Å². The Balaban J connectivity index is 1.85. The van der Waals surface area contributed by atoms with Crippen LogP contribution in [0, 0.1) is 20.8 Å². The minimum absolute atomic E-state index is 0.360. The van der Waals surface area contributed by atoms with Crippen LogP contribution in [-0.2, 0) is 6.42 Å². The molecule has 1 unspecified atom stereocenters. The van der Waals surface area contributed by atoms with Crippen molar-refractivity contribution in [3.05, 3.63) is 33.1 Å². The molecule has 2 heterocycles. The molecule has 0 saturated heterocycles. The van der Waals surface area contributed by atoms with Gasteiger partial charge in [-0.05, 0) is 39.3 Å². The molecule has 0 aliphatic heterocycles. The smallest absolute Gasteiger partial charge is 0.227 e. The molecule has 2 aromatic rings. The van der Waals surface area contributed by atoms with E-state index in [9.17, 15) is 0 Å². The third kappa shape index (κ3) is 3.17. The van der Waals surface area contributed by atoms with Crippen molar-refractivity contribution >= 4 is 11.3 Å². The van der Waals surface area contributed by atoms with Gasteiger partial charge in [-0.15, -0.1) is 11.3 Å². The highest BCUT2D eigenvalue weighted by Crippen LogP contribution is 2.25. The van der Waals surface area contributed by atoms with Crippen LogP contribution in [0.3, 0.4) is 0 Å². The molecule has 0 spiro atoms. The number of nitrogens with one attached hydrogen (secondary N) is 1. The zero-order valence-corrected chi connectivity index (χ0v) is 12.1. The average Bonchev–Trinajstić information content (AvgIpc) is 2.85. The van der Waals surface area contributed by atoms with Crippen LogP contribution in [0.5, 0.6) is 0 Å². The highest BCUT2D eigenvalue weighted by molar-refractivity contribution is 7.12. The largest absolute Gasteiger partial charge is 0.339 e. The van der Waals surface area contributed by atoms with E-state index in [0.717, 1.165) is 13.0 Å². The SMILES string of the molecule is Cc1noc(CCNC(C)c2cc(C)sc2C)n1. The number of aromatic nitrogens is 2. The Morgan fingerprint density at radius 3 is 2.72 bits per heavy atom. The van der Waals surface area contributed by atoms with Crippen LogP contribution in [0.4, 0.5) is 0 Å². The van der Waals surface area contributed by atoms with Crippen molar-refractivity contribution in [1.82, 2.24) is 15.5 Å². The normalized spacial score (nSPS) is 12.9. The lowest BCUT2D eigenvalue weighted by molar-refractivity contribution is 0.370. The van der Waals surface area contributed by atoms with Crippen LogP contribution in [0.15, 0.2) is 10.6 Å². The second-order valence-corrected chi connectivity index (χ2v) is 5.99. The van der Waals surface area contributed by atoms with Gasteiger partial charge < -0.3 is 9.84 Å². The molecule has 0 aromatic carbocycles. The third-order valence-corrected chi connectivity index (χ3v) is 3.89.